The number of rotatable bonds is 4. The smallest absolute Gasteiger partial charge is 0.337 e. The number of esters is 1. The topological polar surface area (TPSA) is 55.4 Å². The van der Waals surface area contributed by atoms with Gasteiger partial charge >= 0.3 is 5.97 Å². The molecule has 0 radical (unpaired) electrons. The number of dihydropyridines is 1. The highest BCUT2D eigenvalue weighted by atomic mass is 32.1. The van der Waals surface area contributed by atoms with Crippen molar-refractivity contribution < 1.29 is 14.3 Å². The summed E-state index contributed by atoms with van der Waals surface area (Å²) in [5, 5.41) is 9.44. The maximum atomic E-state index is 13.3. The van der Waals surface area contributed by atoms with E-state index in [9.17, 15) is 9.59 Å². The van der Waals surface area contributed by atoms with Gasteiger partial charge in [0, 0.05) is 40.1 Å². The van der Waals surface area contributed by atoms with Crippen LogP contribution in [0.4, 0.5) is 0 Å². The van der Waals surface area contributed by atoms with E-state index in [2.05, 4.69) is 16.8 Å². The Balaban J connectivity index is 1.77. The zero-order chi connectivity index (χ0) is 19.8. The van der Waals surface area contributed by atoms with Crippen molar-refractivity contribution in [1.29, 1.82) is 0 Å². The van der Waals surface area contributed by atoms with Gasteiger partial charge in [-0.3, -0.25) is 4.79 Å². The number of hydrogen-bond donors (Lipinski definition) is 1. The van der Waals surface area contributed by atoms with E-state index in [1.807, 2.05) is 43.7 Å². The third-order valence-electron chi connectivity index (χ3n) is 5.21. The minimum atomic E-state index is -0.356. The van der Waals surface area contributed by atoms with E-state index < -0.39 is 0 Å². The third-order valence-corrected chi connectivity index (χ3v) is 6.95. The number of nitrogens with one attached hydrogen (secondary N) is 1. The van der Waals surface area contributed by atoms with Gasteiger partial charge in [0.1, 0.15) is 0 Å². The molecule has 1 aliphatic carbocycles. The van der Waals surface area contributed by atoms with E-state index in [0.717, 1.165) is 29.0 Å². The Kier molecular flexibility index (Phi) is 5.25. The molecule has 2 aromatic heterocycles. The number of carbonyl (C=O) groups excluding carboxylic acids is 2. The van der Waals surface area contributed by atoms with E-state index in [1.54, 1.807) is 22.7 Å². The van der Waals surface area contributed by atoms with Crippen LogP contribution >= 0.6 is 22.7 Å². The molecule has 28 heavy (non-hydrogen) atoms. The first-order valence-electron chi connectivity index (χ1n) is 9.46. The summed E-state index contributed by atoms with van der Waals surface area (Å²) in [5.74, 6) is -0.397. The van der Waals surface area contributed by atoms with Gasteiger partial charge in [-0.2, -0.15) is 11.3 Å². The highest BCUT2D eigenvalue weighted by Gasteiger charge is 2.41. The summed E-state index contributed by atoms with van der Waals surface area (Å²) in [7, 11) is 0. The van der Waals surface area contributed by atoms with Gasteiger partial charge in [0.25, 0.3) is 0 Å². The molecule has 4 rings (SSSR count). The van der Waals surface area contributed by atoms with Crippen LogP contribution in [-0.4, -0.2) is 17.9 Å². The standard InChI is InChI=1S/C22H23NO3S2/c1-12(2)26-22(25)19-13(3)23-16-9-15(18-5-4-7-28-18)10-17(24)21(16)20(19)14-6-8-27-11-14/h4-8,11-12,15,20,23H,9-10H2,1-3H3/t15-,20+/m1/s1. The summed E-state index contributed by atoms with van der Waals surface area (Å²) >= 11 is 3.27. The Hall–Kier alpha value is -2.18. The minimum Gasteiger partial charge on any atom is -0.460 e. The second-order valence-electron chi connectivity index (χ2n) is 7.54. The summed E-state index contributed by atoms with van der Waals surface area (Å²) < 4.78 is 5.52. The van der Waals surface area contributed by atoms with Gasteiger partial charge in [-0.1, -0.05) is 6.07 Å². The van der Waals surface area contributed by atoms with Gasteiger partial charge in [-0.05, 0) is 61.0 Å². The van der Waals surface area contributed by atoms with Crippen molar-refractivity contribution in [3.63, 3.8) is 0 Å². The van der Waals surface area contributed by atoms with Crippen molar-refractivity contribution in [3.05, 3.63) is 67.3 Å². The van der Waals surface area contributed by atoms with Crippen molar-refractivity contribution in [1.82, 2.24) is 5.32 Å². The van der Waals surface area contributed by atoms with Crippen LogP contribution in [0, 0.1) is 0 Å². The van der Waals surface area contributed by atoms with Crippen LogP contribution in [0.15, 0.2) is 56.9 Å². The SMILES string of the molecule is CC1=C(C(=O)OC(C)C)[C@H](c2ccsc2)C2=C(C[C@@H](c3cccs3)CC2=O)N1. The first-order chi connectivity index (χ1) is 13.5. The van der Waals surface area contributed by atoms with Gasteiger partial charge in [0.2, 0.25) is 0 Å². The van der Waals surface area contributed by atoms with Gasteiger partial charge in [0.15, 0.2) is 5.78 Å². The summed E-state index contributed by atoms with van der Waals surface area (Å²) in [6.45, 7) is 5.58. The van der Waals surface area contributed by atoms with E-state index >= 15 is 0 Å². The number of ketones is 1. The van der Waals surface area contributed by atoms with Crippen LogP contribution in [0.2, 0.25) is 0 Å². The molecule has 0 bridgehead atoms. The molecule has 4 nitrogen and oxygen atoms in total. The van der Waals surface area contributed by atoms with Crippen LogP contribution in [0.3, 0.4) is 0 Å². The summed E-state index contributed by atoms with van der Waals surface area (Å²) in [4.78, 5) is 27.4. The first kappa shape index (κ1) is 19.2. The molecule has 2 aliphatic rings. The largest absolute Gasteiger partial charge is 0.460 e. The van der Waals surface area contributed by atoms with Crippen molar-refractivity contribution >= 4 is 34.4 Å². The normalized spacial score (nSPS) is 22.4. The molecule has 0 aromatic carbocycles. The molecule has 146 valence electrons. The van der Waals surface area contributed by atoms with Crippen molar-refractivity contribution in [3.8, 4) is 0 Å². The van der Waals surface area contributed by atoms with E-state index in [1.165, 1.54) is 4.88 Å². The molecule has 0 unspecified atom stereocenters. The third kappa shape index (κ3) is 3.47. The maximum Gasteiger partial charge on any atom is 0.337 e. The average Bonchev–Trinajstić information content (AvgIpc) is 3.33. The predicted octanol–water partition coefficient (Wildman–Crippen LogP) is 5.12. The van der Waals surface area contributed by atoms with Crippen LogP contribution < -0.4 is 5.32 Å². The monoisotopic (exact) mass is 413 g/mol. The zero-order valence-corrected chi connectivity index (χ0v) is 17.8. The highest BCUT2D eigenvalue weighted by Crippen LogP contribution is 2.46. The molecule has 0 saturated heterocycles. The maximum absolute atomic E-state index is 13.3. The van der Waals surface area contributed by atoms with Crippen LogP contribution in [0.1, 0.15) is 55.9 Å². The fourth-order valence-corrected chi connectivity index (χ4v) is 5.60. The van der Waals surface area contributed by atoms with E-state index in [4.69, 9.17) is 4.74 Å². The molecular formula is C22H23NO3S2. The van der Waals surface area contributed by atoms with Gasteiger partial charge in [-0.15, -0.1) is 11.3 Å². The fraction of sp³-hybridized carbons (Fsp3) is 0.364. The van der Waals surface area contributed by atoms with Crippen molar-refractivity contribution in [2.45, 2.75) is 51.6 Å². The second kappa shape index (κ2) is 7.68. The molecule has 2 aromatic rings. The van der Waals surface area contributed by atoms with Crippen LogP contribution in [0.25, 0.3) is 0 Å². The fourth-order valence-electron chi connectivity index (χ4n) is 4.08. The highest BCUT2D eigenvalue weighted by molar-refractivity contribution is 7.10. The predicted molar refractivity (Wildman–Crippen MR) is 112 cm³/mol. The number of ether oxygens (including phenoxy) is 1. The number of hydrogen-bond acceptors (Lipinski definition) is 6. The average molecular weight is 414 g/mol. The second-order valence-corrected chi connectivity index (χ2v) is 9.30. The van der Waals surface area contributed by atoms with Crippen molar-refractivity contribution in [2.75, 3.05) is 0 Å². The number of carbonyl (C=O) groups is 2. The summed E-state index contributed by atoms with van der Waals surface area (Å²) in [5.41, 5.74) is 3.99. The molecule has 0 fully saturated rings. The molecule has 6 heteroatoms. The lowest BCUT2D eigenvalue weighted by atomic mass is 9.73. The molecule has 0 spiro atoms. The zero-order valence-electron chi connectivity index (χ0n) is 16.2. The van der Waals surface area contributed by atoms with E-state index in [-0.39, 0.29) is 29.7 Å². The van der Waals surface area contributed by atoms with Gasteiger partial charge < -0.3 is 10.1 Å². The first-order valence-corrected chi connectivity index (χ1v) is 11.3. The molecule has 0 saturated carbocycles. The van der Waals surface area contributed by atoms with Crippen molar-refractivity contribution in [2.24, 2.45) is 0 Å². The molecule has 2 atom stereocenters. The lowest BCUT2D eigenvalue weighted by Gasteiger charge is -2.36. The molecular weight excluding hydrogens is 390 g/mol. The van der Waals surface area contributed by atoms with Crippen LogP contribution in [-0.2, 0) is 14.3 Å². The Labute approximate surface area is 172 Å². The summed E-state index contributed by atoms with van der Waals surface area (Å²) in [6.07, 6.45) is 1.05. The molecule has 0 amide bonds. The Morgan fingerprint density at radius 1 is 1.25 bits per heavy atom. The molecule has 3 heterocycles. The molecule has 1 N–H and O–H groups in total. The number of Topliss-reactive ketones (excluding diaryl/α,β-unsaturated/α-hetero) is 1. The number of allylic oxidation sites excluding steroid dienone is 3. The van der Waals surface area contributed by atoms with Crippen LogP contribution in [0.5, 0.6) is 0 Å². The molecule has 1 aliphatic heterocycles. The minimum absolute atomic E-state index is 0.116. The Morgan fingerprint density at radius 2 is 2.07 bits per heavy atom. The van der Waals surface area contributed by atoms with Gasteiger partial charge in [0.05, 0.1) is 11.7 Å². The van der Waals surface area contributed by atoms with E-state index in [0.29, 0.717) is 12.0 Å². The van der Waals surface area contributed by atoms with Gasteiger partial charge in [-0.25, -0.2) is 4.79 Å². The Bertz CT molecular complexity index is 952. The Morgan fingerprint density at radius 3 is 2.71 bits per heavy atom. The quantitative estimate of drug-likeness (QED) is 0.707. The number of thiophene rings is 2. The summed E-state index contributed by atoms with van der Waals surface area (Å²) in [6, 6.07) is 6.13. The lowest BCUT2D eigenvalue weighted by Crippen LogP contribution is -2.36. The lowest BCUT2D eigenvalue weighted by molar-refractivity contribution is -0.143.